The largest absolute Gasteiger partial charge is 0.192 e. The van der Waals surface area contributed by atoms with Gasteiger partial charge in [0.2, 0.25) is 0 Å². The molecule has 2 nitrogen and oxygen atoms in total. The van der Waals surface area contributed by atoms with E-state index in [1.54, 1.807) is 24.3 Å². The van der Waals surface area contributed by atoms with E-state index in [1.165, 1.54) is 0 Å². The molecule has 0 aliphatic rings. The van der Waals surface area contributed by atoms with E-state index in [4.69, 9.17) is 5.26 Å². The second-order valence-corrected chi connectivity index (χ2v) is 5.16. The molecule has 0 fully saturated rings. The van der Waals surface area contributed by atoms with Crippen LogP contribution in [-0.4, -0.2) is 0 Å². The lowest BCUT2D eigenvalue weighted by Crippen LogP contribution is -1.83. The first-order chi connectivity index (χ1) is 9.22. The molecule has 0 aliphatic heterocycles. The van der Waals surface area contributed by atoms with Crippen LogP contribution >= 0.6 is 22.6 Å². The third kappa shape index (κ3) is 3.43. The number of rotatable bonds is 2. The van der Waals surface area contributed by atoms with Crippen molar-refractivity contribution in [2.24, 2.45) is 0 Å². The summed E-state index contributed by atoms with van der Waals surface area (Å²) in [4.78, 5) is 0. The van der Waals surface area contributed by atoms with Gasteiger partial charge in [0.05, 0.1) is 23.3 Å². The van der Waals surface area contributed by atoms with E-state index in [-0.39, 0.29) is 0 Å². The van der Waals surface area contributed by atoms with Crippen LogP contribution in [0.2, 0.25) is 0 Å². The van der Waals surface area contributed by atoms with Crippen LogP contribution in [0.1, 0.15) is 16.7 Å². The predicted molar refractivity (Wildman–Crippen MR) is 83.8 cm³/mol. The first-order valence-corrected chi connectivity index (χ1v) is 6.69. The Morgan fingerprint density at radius 2 is 1.79 bits per heavy atom. The van der Waals surface area contributed by atoms with Crippen molar-refractivity contribution in [2.75, 3.05) is 0 Å². The number of nitrogens with zero attached hydrogens (tertiary/aromatic N) is 2. The van der Waals surface area contributed by atoms with E-state index in [1.807, 2.05) is 30.3 Å². The van der Waals surface area contributed by atoms with Gasteiger partial charge in [0.25, 0.3) is 0 Å². The zero-order valence-corrected chi connectivity index (χ0v) is 12.1. The molecule has 0 aliphatic carbocycles. The maximum atomic E-state index is 9.25. The van der Waals surface area contributed by atoms with Crippen LogP contribution in [0, 0.1) is 26.2 Å². The third-order valence-corrected chi connectivity index (χ3v) is 3.28. The van der Waals surface area contributed by atoms with Crippen LogP contribution in [0.25, 0.3) is 11.6 Å². The molecule has 0 heterocycles. The zero-order valence-electron chi connectivity index (χ0n) is 9.97. The van der Waals surface area contributed by atoms with Gasteiger partial charge < -0.3 is 0 Å². The fraction of sp³-hybridized carbons (Fsp3) is 0. The predicted octanol–water partition coefficient (Wildman–Crippen LogP) is 4.23. The van der Waals surface area contributed by atoms with E-state index in [0.717, 1.165) is 14.7 Å². The van der Waals surface area contributed by atoms with Gasteiger partial charge in [-0.15, -0.1) is 0 Å². The number of halogens is 1. The van der Waals surface area contributed by atoms with Crippen LogP contribution < -0.4 is 0 Å². The maximum absolute atomic E-state index is 9.25. The van der Waals surface area contributed by atoms with Gasteiger partial charge in [-0.25, -0.2) is 0 Å². The normalized spacial score (nSPS) is 10.6. The molecule has 2 aromatic rings. The van der Waals surface area contributed by atoms with Crippen LogP contribution in [0.15, 0.2) is 48.5 Å². The lowest BCUT2D eigenvalue weighted by Gasteiger charge is -2.00. The molecule has 0 bridgehead atoms. The number of benzene rings is 2. The molecule has 0 saturated carbocycles. The van der Waals surface area contributed by atoms with Gasteiger partial charge in [0.1, 0.15) is 0 Å². The minimum absolute atomic E-state index is 0.589. The first kappa shape index (κ1) is 13.3. The van der Waals surface area contributed by atoms with Gasteiger partial charge in [-0.2, -0.15) is 10.5 Å². The smallest absolute Gasteiger partial charge is 0.0998 e. The Labute approximate surface area is 125 Å². The fourth-order valence-corrected chi connectivity index (χ4v) is 2.23. The summed E-state index contributed by atoms with van der Waals surface area (Å²) in [5.74, 6) is 0. The third-order valence-electron chi connectivity index (χ3n) is 2.61. The summed E-state index contributed by atoms with van der Waals surface area (Å²) in [5.41, 5.74) is 3.00. The lowest BCUT2D eigenvalue weighted by atomic mass is 10.0. The molecule has 0 spiro atoms. The maximum Gasteiger partial charge on any atom is 0.0998 e. The standard InChI is InChI=1S/C16H9IN2/c17-16-3-1-2-13(9-16)8-15(11-19)14-6-4-12(10-18)5-7-14/h1-9H/b15-8+. The average Bonchev–Trinajstić information content (AvgIpc) is 2.45. The minimum Gasteiger partial charge on any atom is -0.192 e. The van der Waals surface area contributed by atoms with E-state index in [2.05, 4.69) is 34.7 Å². The van der Waals surface area contributed by atoms with Crippen molar-refractivity contribution in [1.82, 2.24) is 0 Å². The van der Waals surface area contributed by atoms with E-state index < -0.39 is 0 Å². The Bertz CT molecular complexity index is 701. The van der Waals surface area contributed by atoms with Gasteiger partial charge in [-0.1, -0.05) is 24.3 Å². The molecule has 19 heavy (non-hydrogen) atoms. The summed E-state index contributed by atoms with van der Waals surface area (Å²) in [5, 5.41) is 18.0. The van der Waals surface area contributed by atoms with Crippen LogP contribution in [0.3, 0.4) is 0 Å². The van der Waals surface area contributed by atoms with Crippen LogP contribution in [0.4, 0.5) is 0 Å². The monoisotopic (exact) mass is 356 g/mol. The van der Waals surface area contributed by atoms with Crippen molar-refractivity contribution in [1.29, 1.82) is 10.5 Å². The SMILES string of the molecule is N#C/C(=C\c1cccc(I)c1)c1ccc(C#N)cc1. The van der Waals surface area contributed by atoms with Crippen molar-refractivity contribution < 1.29 is 0 Å². The number of hydrogen-bond donors (Lipinski definition) is 0. The quantitative estimate of drug-likeness (QED) is 0.459. The van der Waals surface area contributed by atoms with E-state index >= 15 is 0 Å². The number of hydrogen-bond acceptors (Lipinski definition) is 2. The molecule has 2 rings (SSSR count). The molecule has 0 radical (unpaired) electrons. The fourth-order valence-electron chi connectivity index (χ4n) is 1.67. The van der Waals surface area contributed by atoms with Gasteiger partial charge >= 0.3 is 0 Å². The average molecular weight is 356 g/mol. The van der Waals surface area contributed by atoms with Crippen molar-refractivity contribution in [2.45, 2.75) is 0 Å². The van der Waals surface area contributed by atoms with E-state index in [0.29, 0.717) is 11.1 Å². The van der Waals surface area contributed by atoms with Crippen molar-refractivity contribution in [3.05, 3.63) is 68.8 Å². The van der Waals surface area contributed by atoms with Crippen molar-refractivity contribution >= 4 is 34.2 Å². The van der Waals surface area contributed by atoms with Crippen molar-refractivity contribution in [3.63, 3.8) is 0 Å². The Balaban J connectivity index is 2.40. The molecule has 3 heteroatoms. The summed E-state index contributed by atoms with van der Waals surface area (Å²) in [6, 6.07) is 19.2. The highest BCUT2D eigenvalue weighted by Crippen LogP contribution is 2.19. The number of allylic oxidation sites excluding steroid dienone is 1. The van der Waals surface area contributed by atoms with E-state index in [9.17, 15) is 5.26 Å². The van der Waals surface area contributed by atoms with Crippen LogP contribution in [0.5, 0.6) is 0 Å². The summed E-state index contributed by atoms with van der Waals surface area (Å²) in [6.07, 6.45) is 1.85. The molecule has 0 unspecified atom stereocenters. The van der Waals surface area contributed by atoms with Gasteiger partial charge in [-0.05, 0) is 64.1 Å². The highest BCUT2D eigenvalue weighted by atomic mass is 127. The lowest BCUT2D eigenvalue weighted by molar-refractivity contribution is 1.47. The Morgan fingerprint density at radius 1 is 1.05 bits per heavy atom. The Kier molecular flexibility index (Phi) is 4.33. The topological polar surface area (TPSA) is 47.6 Å². The molecule has 0 saturated heterocycles. The molecule has 0 aromatic heterocycles. The molecule has 2 aromatic carbocycles. The second kappa shape index (κ2) is 6.17. The summed E-state index contributed by atoms with van der Waals surface area (Å²) < 4.78 is 1.13. The molecule has 0 atom stereocenters. The Morgan fingerprint density at radius 3 is 2.37 bits per heavy atom. The summed E-state index contributed by atoms with van der Waals surface area (Å²) in [7, 11) is 0. The Hall–Kier alpha value is -2.11. The van der Waals surface area contributed by atoms with Crippen LogP contribution in [-0.2, 0) is 0 Å². The summed E-state index contributed by atoms with van der Waals surface area (Å²) in [6.45, 7) is 0. The zero-order chi connectivity index (χ0) is 13.7. The first-order valence-electron chi connectivity index (χ1n) is 5.61. The molecular formula is C16H9IN2. The molecule has 90 valence electrons. The highest BCUT2D eigenvalue weighted by molar-refractivity contribution is 14.1. The van der Waals surface area contributed by atoms with Gasteiger partial charge in [-0.3, -0.25) is 0 Å². The minimum atomic E-state index is 0.589. The second-order valence-electron chi connectivity index (χ2n) is 3.91. The molecule has 0 amide bonds. The van der Waals surface area contributed by atoms with Gasteiger partial charge in [0.15, 0.2) is 0 Å². The number of nitriles is 2. The molecule has 0 N–H and O–H groups in total. The van der Waals surface area contributed by atoms with Crippen molar-refractivity contribution in [3.8, 4) is 12.1 Å². The van der Waals surface area contributed by atoms with Gasteiger partial charge in [0, 0.05) is 3.57 Å². The highest BCUT2D eigenvalue weighted by Gasteiger charge is 2.01. The molecular weight excluding hydrogens is 347 g/mol. The summed E-state index contributed by atoms with van der Waals surface area (Å²) >= 11 is 2.24.